The lowest BCUT2D eigenvalue weighted by atomic mass is 9.96. The molecule has 0 atom stereocenters. The molecule has 178 valence electrons. The van der Waals surface area contributed by atoms with E-state index in [0.29, 0.717) is 37.2 Å². The van der Waals surface area contributed by atoms with E-state index in [1.54, 1.807) is 17.0 Å². The second-order valence-corrected chi connectivity index (χ2v) is 8.14. The number of rotatable bonds is 5. The minimum atomic E-state index is -4.52. The lowest BCUT2D eigenvalue weighted by Gasteiger charge is -2.32. The normalized spacial score (nSPS) is 15.1. The molecule has 1 saturated heterocycles. The molecule has 0 bridgehead atoms. The van der Waals surface area contributed by atoms with Gasteiger partial charge in [0.25, 0.3) is 0 Å². The first-order valence-corrected chi connectivity index (χ1v) is 10.7. The van der Waals surface area contributed by atoms with Gasteiger partial charge in [0.05, 0.1) is 28.7 Å². The van der Waals surface area contributed by atoms with E-state index in [1.165, 1.54) is 24.5 Å². The van der Waals surface area contributed by atoms with Crippen LogP contribution in [0.1, 0.15) is 24.0 Å². The van der Waals surface area contributed by atoms with Gasteiger partial charge >= 0.3 is 6.18 Å². The standard InChI is InChI=1S/C22H19ClF4N6O/c23-18-9-16(22(25,26)27)12-28-20(18)33-7-5-14(6-8-33)21(34)32-30-11-15-10-29-31-19(15)13-1-3-17(24)4-2-13/h1-4,9-12,14H,5-8H2,(H,29,31)(H,32,34)/b30-11-. The van der Waals surface area contributed by atoms with E-state index in [1.807, 2.05) is 0 Å². The molecule has 3 aromatic rings. The highest BCUT2D eigenvalue weighted by atomic mass is 35.5. The fourth-order valence-corrected chi connectivity index (χ4v) is 3.96. The first-order valence-electron chi connectivity index (χ1n) is 10.3. The van der Waals surface area contributed by atoms with Crippen molar-refractivity contribution < 1.29 is 22.4 Å². The Hall–Kier alpha value is -3.47. The zero-order chi connectivity index (χ0) is 24.3. The van der Waals surface area contributed by atoms with Crippen LogP contribution in [0.5, 0.6) is 0 Å². The lowest BCUT2D eigenvalue weighted by Crippen LogP contribution is -2.39. The predicted octanol–water partition coefficient (Wildman–Crippen LogP) is 4.65. The van der Waals surface area contributed by atoms with E-state index in [2.05, 4.69) is 25.7 Å². The number of nitrogens with one attached hydrogen (secondary N) is 2. The molecule has 12 heteroatoms. The number of alkyl halides is 3. The van der Waals surface area contributed by atoms with Crippen molar-refractivity contribution in [2.45, 2.75) is 19.0 Å². The molecule has 1 amide bonds. The zero-order valence-electron chi connectivity index (χ0n) is 17.6. The molecule has 1 aromatic carbocycles. The maximum atomic E-state index is 13.1. The number of hydrazone groups is 1. The number of piperidine rings is 1. The fraction of sp³-hybridized carbons (Fsp3) is 0.273. The molecule has 3 heterocycles. The number of hydrogen-bond acceptors (Lipinski definition) is 5. The summed E-state index contributed by atoms with van der Waals surface area (Å²) in [5, 5.41) is 10.7. The Balaban J connectivity index is 1.32. The van der Waals surface area contributed by atoms with Crippen LogP contribution < -0.4 is 10.3 Å². The number of amides is 1. The first kappa shape index (κ1) is 23.7. The molecule has 0 unspecified atom stereocenters. The van der Waals surface area contributed by atoms with Crippen LogP contribution in [0, 0.1) is 11.7 Å². The number of hydrogen-bond donors (Lipinski definition) is 2. The molecule has 2 N–H and O–H groups in total. The summed E-state index contributed by atoms with van der Waals surface area (Å²) in [5.74, 6) is -0.676. The molecule has 1 aliphatic rings. The van der Waals surface area contributed by atoms with Crippen molar-refractivity contribution in [1.82, 2.24) is 20.6 Å². The van der Waals surface area contributed by atoms with Crippen molar-refractivity contribution in [2.75, 3.05) is 18.0 Å². The molecule has 1 fully saturated rings. The number of carbonyl (C=O) groups is 1. The van der Waals surface area contributed by atoms with Crippen molar-refractivity contribution in [3.05, 3.63) is 64.7 Å². The van der Waals surface area contributed by atoms with Gasteiger partial charge in [0.2, 0.25) is 5.91 Å². The van der Waals surface area contributed by atoms with E-state index < -0.39 is 11.7 Å². The summed E-state index contributed by atoms with van der Waals surface area (Å²) in [6.45, 7) is 0.826. The molecule has 1 aliphatic heterocycles. The Morgan fingerprint density at radius 2 is 1.91 bits per heavy atom. The van der Waals surface area contributed by atoms with E-state index >= 15 is 0 Å². The van der Waals surface area contributed by atoms with Crippen LogP contribution in [0.3, 0.4) is 0 Å². The zero-order valence-corrected chi connectivity index (χ0v) is 18.4. The second-order valence-electron chi connectivity index (χ2n) is 7.73. The third-order valence-electron chi connectivity index (χ3n) is 5.49. The Bertz CT molecular complexity index is 1190. The lowest BCUT2D eigenvalue weighted by molar-refractivity contribution is -0.137. The van der Waals surface area contributed by atoms with Gasteiger partial charge in [0, 0.05) is 36.3 Å². The minimum Gasteiger partial charge on any atom is -0.355 e. The Morgan fingerprint density at radius 1 is 1.21 bits per heavy atom. The number of halogens is 5. The quantitative estimate of drug-likeness (QED) is 0.307. The number of benzene rings is 1. The third-order valence-corrected chi connectivity index (χ3v) is 5.77. The van der Waals surface area contributed by atoms with Gasteiger partial charge in [-0.1, -0.05) is 11.6 Å². The third kappa shape index (κ3) is 5.36. The molecule has 0 radical (unpaired) electrons. The van der Waals surface area contributed by atoms with E-state index in [4.69, 9.17) is 11.6 Å². The van der Waals surface area contributed by atoms with Crippen LogP contribution >= 0.6 is 11.6 Å². The second kappa shape index (κ2) is 9.80. The van der Waals surface area contributed by atoms with Crippen molar-refractivity contribution in [1.29, 1.82) is 0 Å². The van der Waals surface area contributed by atoms with E-state index in [0.717, 1.165) is 17.8 Å². The number of anilines is 1. The van der Waals surface area contributed by atoms with Gasteiger partial charge in [-0.2, -0.15) is 23.4 Å². The Morgan fingerprint density at radius 3 is 2.56 bits per heavy atom. The summed E-state index contributed by atoms with van der Waals surface area (Å²) >= 11 is 6.02. The van der Waals surface area contributed by atoms with Crippen molar-refractivity contribution in [3.8, 4) is 11.3 Å². The molecule has 4 rings (SSSR count). The monoisotopic (exact) mass is 494 g/mol. The molecule has 0 spiro atoms. The molecule has 0 saturated carbocycles. The topological polar surface area (TPSA) is 86.3 Å². The number of nitrogens with zero attached hydrogens (tertiary/aromatic N) is 4. The molecular formula is C22H19ClF4N6O. The number of aromatic amines is 1. The van der Waals surface area contributed by atoms with Gasteiger partial charge in [-0.3, -0.25) is 9.89 Å². The van der Waals surface area contributed by atoms with Crippen molar-refractivity contribution in [3.63, 3.8) is 0 Å². The van der Waals surface area contributed by atoms with Crippen LogP contribution in [0.2, 0.25) is 5.02 Å². The van der Waals surface area contributed by atoms with Crippen LogP contribution in [0.15, 0.2) is 47.8 Å². The molecule has 0 aliphatic carbocycles. The average molecular weight is 495 g/mol. The van der Waals surface area contributed by atoms with Gasteiger partial charge < -0.3 is 4.90 Å². The van der Waals surface area contributed by atoms with Crippen LogP contribution in [0.4, 0.5) is 23.4 Å². The molecule has 2 aromatic heterocycles. The number of pyridine rings is 1. The van der Waals surface area contributed by atoms with Crippen LogP contribution in [0.25, 0.3) is 11.3 Å². The van der Waals surface area contributed by atoms with Gasteiger partial charge in [0.15, 0.2) is 0 Å². The highest BCUT2D eigenvalue weighted by Gasteiger charge is 2.33. The van der Waals surface area contributed by atoms with Gasteiger partial charge in [0.1, 0.15) is 11.6 Å². The Kier molecular flexibility index (Phi) is 6.82. The van der Waals surface area contributed by atoms with Crippen molar-refractivity contribution in [2.24, 2.45) is 11.0 Å². The molecule has 7 nitrogen and oxygen atoms in total. The Labute approximate surface area is 196 Å². The van der Waals surface area contributed by atoms with E-state index in [-0.39, 0.29) is 28.5 Å². The molecule has 34 heavy (non-hydrogen) atoms. The van der Waals surface area contributed by atoms with Crippen LogP contribution in [-0.4, -0.2) is 40.4 Å². The molecular weight excluding hydrogens is 476 g/mol. The van der Waals surface area contributed by atoms with Crippen molar-refractivity contribution >= 4 is 29.5 Å². The number of carbonyl (C=O) groups excluding carboxylic acids is 1. The fourth-order valence-electron chi connectivity index (χ4n) is 3.67. The number of aromatic nitrogens is 3. The summed E-state index contributed by atoms with van der Waals surface area (Å²) in [6.07, 6.45) is 0.149. The smallest absolute Gasteiger partial charge is 0.355 e. The van der Waals surface area contributed by atoms with Gasteiger partial charge in [-0.25, -0.2) is 14.8 Å². The summed E-state index contributed by atoms with van der Waals surface area (Å²) < 4.78 is 51.6. The summed E-state index contributed by atoms with van der Waals surface area (Å²) in [6, 6.07) is 6.72. The summed E-state index contributed by atoms with van der Waals surface area (Å²) in [5.41, 5.74) is 3.57. The van der Waals surface area contributed by atoms with Gasteiger partial charge in [-0.15, -0.1) is 0 Å². The summed E-state index contributed by atoms with van der Waals surface area (Å²) in [4.78, 5) is 18.1. The maximum absolute atomic E-state index is 13.1. The maximum Gasteiger partial charge on any atom is 0.417 e. The highest BCUT2D eigenvalue weighted by molar-refractivity contribution is 6.33. The minimum absolute atomic E-state index is 0.0839. The first-order chi connectivity index (χ1) is 16.2. The largest absolute Gasteiger partial charge is 0.417 e. The average Bonchev–Trinajstić information content (AvgIpc) is 3.27. The number of H-pyrrole nitrogens is 1. The van der Waals surface area contributed by atoms with E-state index in [9.17, 15) is 22.4 Å². The predicted molar refractivity (Wildman–Crippen MR) is 119 cm³/mol. The SMILES string of the molecule is O=C(N/N=C\c1cn[nH]c1-c1ccc(F)cc1)C1CCN(c2ncc(C(F)(F)F)cc2Cl)CC1. The van der Waals surface area contributed by atoms with Crippen LogP contribution in [-0.2, 0) is 11.0 Å². The van der Waals surface area contributed by atoms with Gasteiger partial charge in [-0.05, 0) is 43.2 Å². The highest BCUT2D eigenvalue weighted by Crippen LogP contribution is 2.34. The summed E-state index contributed by atoms with van der Waals surface area (Å²) in [7, 11) is 0.